The van der Waals surface area contributed by atoms with Gasteiger partial charge in [0.15, 0.2) is 17.5 Å². The first-order valence-corrected chi connectivity index (χ1v) is 11.3. The minimum atomic E-state index is 0.0454. The van der Waals surface area contributed by atoms with Gasteiger partial charge in [-0.05, 0) is 37.5 Å². The van der Waals surface area contributed by atoms with Crippen molar-refractivity contribution in [2.45, 2.75) is 19.8 Å². The molecule has 1 aromatic carbocycles. The highest BCUT2D eigenvalue weighted by atomic mass is 16.5. The van der Waals surface area contributed by atoms with Gasteiger partial charge in [0.2, 0.25) is 5.91 Å². The summed E-state index contributed by atoms with van der Waals surface area (Å²) in [4.78, 5) is 20.8. The minimum absolute atomic E-state index is 0.0454. The van der Waals surface area contributed by atoms with Crippen LogP contribution in [-0.2, 0) is 16.0 Å². The zero-order valence-corrected chi connectivity index (χ0v) is 20.0. The summed E-state index contributed by atoms with van der Waals surface area (Å²) in [6, 6.07) is 6.10. The molecule has 0 bridgehead atoms. The minimum Gasteiger partial charge on any atom is -0.493 e. The topological polar surface area (TPSA) is 87.7 Å². The molecule has 0 saturated carbocycles. The Bertz CT molecular complexity index is 720. The molecule has 1 aliphatic rings. The normalized spacial score (nSPS) is 14.9. The lowest BCUT2D eigenvalue weighted by molar-refractivity contribution is -0.122. The van der Waals surface area contributed by atoms with E-state index in [1.165, 1.54) is 5.56 Å². The number of ether oxygens (including phenoxy) is 3. The number of rotatable bonds is 12. The molecule has 0 radical (unpaired) electrons. The number of piperazine rings is 1. The highest BCUT2D eigenvalue weighted by Gasteiger charge is 2.20. The zero-order valence-electron chi connectivity index (χ0n) is 20.0. The summed E-state index contributed by atoms with van der Waals surface area (Å²) in [5.74, 6) is 2.52. The maximum atomic E-state index is 12.0. The lowest BCUT2D eigenvalue weighted by Gasteiger charge is -2.36. The molecule has 2 rings (SSSR count). The van der Waals surface area contributed by atoms with Crippen molar-refractivity contribution in [3.63, 3.8) is 0 Å². The predicted octanol–water partition coefficient (Wildman–Crippen LogP) is 0.982. The van der Waals surface area contributed by atoms with Crippen molar-refractivity contribution in [1.29, 1.82) is 0 Å². The number of carbonyl (C=O) groups excluding carboxylic acids is 1. The number of benzene rings is 1. The molecule has 1 amide bonds. The van der Waals surface area contributed by atoms with Gasteiger partial charge in [-0.25, -0.2) is 0 Å². The van der Waals surface area contributed by atoms with Crippen LogP contribution < -0.4 is 20.1 Å². The molecule has 9 nitrogen and oxygen atoms in total. The van der Waals surface area contributed by atoms with Gasteiger partial charge in [-0.15, -0.1) is 0 Å². The first kappa shape index (κ1) is 25.7. The van der Waals surface area contributed by atoms with Crippen molar-refractivity contribution in [3.05, 3.63) is 23.8 Å². The quantitative estimate of drug-likeness (QED) is 0.279. The number of nitrogens with zero attached hydrogens (tertiary/aromatic N) is 3. The number of guanidine groups is 1. The Morgan fingerprint density at radius 1 is 1.09 bits per heavy atom. The van der Waals surface area contributed by atoms with Gasteiger partial charge in [0.05, 0.1) is 26.9 Å². The lowest BCUT2D eigenvalue weighted by atomic mass is 10.1. The van der Waals surface area contributed by atoms with Crippen molar-refractivity contribution in [2.24, 2.45) is 4.99 Å². The molecule has 1 fully saturated rings. The van der Waals surface area contributed by atoms with Gasteiger partial charge in [-0.1, -0.05) is 6.07 Å². The molecule has 0 atom stereocenters. The molecule has 0 spiro atoms. The van der Waals surface area contributed by atoms with E-state index < -0.39 is 0 Å². The lowest BCUT2D eigenvalue weighted by Crippen LogP contribution is -2.54. The second kappa shape index (κ2) is 14.5. The average molecular weight is 450 g/mol. The van der Waals surface area contributed by atoms with Crippen LogP contribution in [0, 0.1) is 0 Å². The standard InChI is InChI=1S/C23H39N5O4/c1-5-32-21-17-19(8-9-20(21)31-4)7-6-10-26-23(24-2)28-14-12-27(13-15-28)18-22(29)25-11-16-30-3/h8-9,17H,5-7,10-16,18H2,1-4H3,(H,24,26)(H,25,29). The fraction of sp³-hybridized carbons (Fsp3) is 0.652. The fourth-order valence-corrected chi connectivity index (χ4v) is 3.64. The fourth-order valence-electron chi connectivity index (χ4n) is 3.64. The molecule has 0 unspecified atom stereocenters. The number of methoxy groups -OCH3 is 2. The van der Waals surface area contributed by atoms with E-state index in [1.807, 2.05) is 20.0 Å². The van der Waals surface area contributed by atoms with Crippen molar-refractivity contribution in [3.8, 4) is 11.5 Å². The Morgan fingerprint density at radius 3 is 2.53 bits per heavy atom. The van der Waals surface area contributed by atoms with Crippen LogP contribution in [0.3, 0.4) is 0 Å². The van der Waals surface area contributed by atoms with Gasteiger partial charge in [0.1, 0.15) is 0 Å². The van der Waals surface area contributed by atoms with Crippen molar-refractivity contribution >= 4 is 11.9 Å². The van der Waals surface area contributed by atoms with Crippen LogP contribution in [0.4, 0.5) is 0 Å². The maximum absolute atomic E-state index is 12.0. The second-order valence-electron chi connectivity index (χ2n) is 7.60. The number of amides is 1. The summed E-state index contributed by atoms with van der Waals surface area (Å²) < 4.78 is 16.0. The third-order valence-corrected chi connectivity index (χ3v) is 5.33. The summed E-state index contributed by atoms with van der Waals surface area (Å²) in [7, 11) is 5.10. The van der Waals surface area contributed by atoms with Crippen LogP contribution in [0.25, 0.3) is 0 Å². The van der Waals surface area contributed by atoms with Gasteiger partial charge in [0.25, 0.3) is 0 Å². The van der Waals surface area contributed by atoms with Crippen molar-refractivity contribution < 1.29 is 19.0 Å². The number of hydrogen-bond donors (Lipinski definition) is 2. The van der Waals surface area contributed by atoms with Gasteiger partial charge >= 0.3 is 0 Å². The van der Waals surface area contributed by atoms with Crippen LogP contribution in [0.2, 0.25) is 0 Å². The first-order chi connectivity index (χ1) is 15.6. The Kier molecular flexibility index (Phi) is 11.7. The molecule has 9 heteroatoms. The highest BCUT2D eigenvalue weighted by Crippen LogP contribution is 2.28. The number of aliphatic imine (C=N–C) groups is 1. The molecule has 0 aromatic heterocycles. The van der Waals surface area contributed by atoms with Crippen LogP contribution in [0.1, 0.15) is 18.9 Å². The highest BCUT2D eigenvalue weighted by molar-refractivity contribution is 5.80. The van der Waals surface area contributed by atoms with E-state index in [-0.39, 0.29) is 5.91 Å². The van der Waals surface area contributed by atoms with E-state index in [4.69, 9.17) is 14.2 Å². The van der Waals surface area contributed by atoms with Gasteiger partial charge in [0, 0.05) is 53.4 Å². The predicted molar refractivity (Wildman–Crippen MR) is 127 cm³/mol. The molecule has 1 saturated heterocycles. The molecule has 1 aromatic rings. The monoisotopic (exact) mass is 449 g/mol. The first-order valence-electron chi connectivity index (χ1n) is 11.3. The van der Waals surface area contributed by atoms with E-state index in [2.05, 4.69) is 37.6 Å². The molecule has 2 N–H and O–H groups in total. The van der Waals surface area contributed by atoms with Crippen LogP contribution in [-0.4, -0.2) is 102 Å². The Hall–Kier alpha value is -2.52. The van der Waals surface area contributed by atoms with E-state index in [0.29, 0.717) is 26.3 Å². The Morgan fingerprint density at radius 2 is 1.88 bits per heavy atom. The SMILES string of the molecule is CCOc1cc(CCCNC(=NC)N2CCN(CC(=O)NCCOC)CC2)ccc1OC. The third-order valence-electron chi connectivity index (χ3n) is 5.33. The smallest absolute Gasteiger partial charge is 0.234 e. The number of hydrogen-bond acceptors (Lipinski definition) is 6. The van der Waals surface area contributed by atoms with Gasteiger partial charge in [-0.2, -0.15) is 0 Å². The van der Waals surface area contributed by atoms with E-state index >= 15 is 0 Å². The van der Waals surface area contributed by atoms with E-state index in [0.717, 1.165) is 63.0 Å². The molecule has 0 aliphatic carbocycles. The zero-order chi connectivity index (χ0) is 23.2. The maximum Gasteiger partial charge on any atom is 0.234 e. The summed E-state index contributed by atoms with van der Waals surface area (Å²) in [5, 5.41) is 6.34. The van der Waals surface area contributed by atoms with Crippen molar-refractivity contribution in [2.75, 3.05) is 80.3 Å². The molecule has 180 valence electrons. The van der Waals surface area contributed by atoms with Crippen LogP contribution in [0.15, 0.2) is 23.2 Å². The summed E-state index contributed by atoms with van der Waals surface area (Å²) in [5.41, 5.74) is 1.23. The second-order valence-corrected chi connectivity index (χ2v) is 7.60. The Labute approximate surface area is 192 Å². The number of aryl methyl sites for hydroxylation is 1. The number of carbonyl (C=O) groups is 1. The summed E-state index contributed by atoms with van der Waals surface area (Å²) >= 11 is 0. The van der Waals surface area contributed by atoms with Crippen molar-refractivity contribution in [1.82, 2.24) is 20.4 Å². The van der Waals surface area contributed by atoms with E-state index in [1.54, 1.807) is 14.2 Å². The molecule has 32 heavy (non-hydrogen) atoms. The average Bonchev–Trinajstić information content (AvgIpc) is 2.80. The summed E-state index contributed by atoms with van der Waals surface area (Å²) in [6.45, 7) is 8.31. The molecular formula is C23H39N5O4. The third kappa shape index (κ3) is 8.55. The van der Waals surface area contributed by atoms with Crippen LogP contribution in [0.5, 0.6) is 11.5 Å². The largest absolute Gasteiger partial charge is 0.493 e. The molecule has 1 aliphatic heterocycles. The van der Waals surface area contributed by atoms with Gasteiger partial charge in [-0.3, -0.25) is 14.7 Å². The van der Waals surface area contributed by atoms with Gasteiger partial charge < -0.3 is 29.7 Å². The molecule has 1 heterocycles. The number of nitrogens with one attached hydrogen (secondary N) is 2. The van der Waals surface area contributed by atoms with E-state index in [9.17, 15) is 4.79 Å². The molecular weight excluding hydrogens is 410 g/mol. The van der Waals surface area contributed by atoms with Crippen LogP contribution >= 0.6 is 0 Å². The summed E-state index contributed by atoms with van der Waals surface area (Å²) in [6.07, 6.45) is 1.93. The Balaban J connectivity index is 1.70.